The van der Waals surface area contributed by atoms with Gasteiger partial charge in [0, 0.05) is 14.6 Å². The second kappa shape index (κ2) is 8.11. The maximum Gasteiger partial charge on any atom is 0.0705 e. The minimum atomic E-state index is 1.17. The number of thiophene rings is 2. The fourth-order valence-electron chi connectivity index (χ4n) is 3.38. The van der Waals surface area contributed by atoms with Gasteiger partial charge in [-0.3, -0.25) is 0 Å². The van der Waals surface area contributed by atoms with Gasteiger partial charge in [0.1, 0.15) is 0 Å². The van der Waals surface area contributed by atoms with Crippen LogP contribution >= 0.6 is 38.6 Å². The van der Waals surface area contributed by atoms with Crippen molar-refractivity contribution in [1.29, 1.82) is 0 Å². The molecule has 0 aliphatic heterocycles. The third-order valence-electron chi connectivity index (χ3n) is 4.92. The summed E-state index contributed by atoms with van der Waals surface area (Å²) in [7, 11) is 0. The topological polar surface area (TPSA) is 0 Å². The van der Waals surface area contributed by atoms with Gasteiger partial charge in [0.05, 0.1) is 3.79 Å². The highest BCUT2D eigenvalue weighted by Gasteiger charge is 2.08. The highest BCUT2D eigenvalue weighted by Crippen LogP contribution is 2.39. The zero-order valence-electron chi connectivity index (χ0n) is 15.5. The van der Waals surface area contributed by atoms with Crippen LogP contribution in [0.15, 0.2) is 107 Å². The van der Waals surface area contributed by atoms with Gasteiger partial charge in [0.2, 0.25) is 0 Å². The molecular weight excluding hydrogens is 456 g/mol. The molecule has 29 heavy (non-hydrogen) atoms. The van der Waals surface area contributed by atoms with E-state index in [1.165, 1.54) is 46.2 Å². The van der Waals surface area contributed by atoms with E-state index in [4.69, 9.17) is 0 Å². The first-order chi connectivity index (χ1) is 14.3. The number of halogens is 1. The fraction of sp³-hybridized carbons (Fsp3) is 0. The Morgan fingerprint density at radius 3 is 1.38 bits per heavy atom. The zero-order valence-corrected chi connectivity index (χ0v) is 18.7. The van der Waals surface area contributed by atoms with Gasteiger partial charge in [0.25, 0.3) is 0 Å². The van der Waals surface area contributed by atoms with E-state index in [9.17, 15) is 0 Å². The second-order valence-corrected chi connectivity index (χ2v) is 10.3. The fourth-order valence-corrected chi connectivity index (χ4v) is 5.87. The van der Waals surface area contributed by atoms with Crippen LogP contribution in [0, 0.1) is 0 Å². The van der Waals surface area contributed by atoms with Gasteiger partial charge >= 0.3 is 0 Å². The smallest absolute Gasteiger partial charge is 0.0705 e. The Morgan fingerprint density at radius 1 is 0.379 bits per heavy atom. The maximum atomic E-state index is 3.55. The van der Waals surface area contributed by atoms with E-state index in [1.54, 1.807) is 11.3 Å². The summed E-state index contributed by atoms with van der Waals surface area (Å²) in [4.78, 5) is 3.93. The summed E-state index contributed by atoms with van der Waals surface area (Å²) < 4.78 is 1.17. The molecule has 0 N–H and O–H groups in total. The lowest BCUT2D eigenvalue weighted by molar-refractivity contribution is 1.59. The van der Waals surface area contributed by atoms with Crippen LogP contribution in [0.2, 0.25) is 0 Å². The van der Waals surface area contributed by atoms with Gasteiger partial charge in [-0.1, -0.05) is 78.9 Å². The molecule has 0 radical (unpaired) electrons. The Bertz CT molecular complexity index is 1230. The third-order valence-corrected chi connectivity index (χ3v) is 7.87. The van der Waals surface area contributed by atoms with Crippen molar-refractivity contribution in [3.8, 4) is 42.4 Å². The van der Waals surface area contributed by atoms with Crippen LogP contribution in [0.3, 0.4) is 0 Å². The number of benzene rings is 3. The first-order valence-electron chi connectivity index (χ1n) is 9.38. The van der Waals surface area contributed by atoms with Crippen LogP contribution in [0.4, 0.5) is 0 Å². The van der Waals surface area contributed by atoms with E-state index in [1.807, 2.05) is 11.3 Å². The molecule has 0 bridgehead atoms. The van der Waals surface area contributed by atoms with E-state index in [2.05, 4.69) is 119 Å². The highest BCUT2D eigenvalue weighted by molar-refractivity contribution is 9.11. The molecule has 0 amide bonds. The van der Waals surface area contributed by atoms with E-state index >= 15 is 0 Å². The van der Waals surface area contributed by atoms with Gasteiger partial charge in [-0.15, -0.1) is 22.7 Å². The Balaban J connectivity index is 1.37. The molecule has 5 aromatic rings. The van der Waals surface area contributed by atoms with Crippen molar-refractivity contribution in [3.05, 3.63) is 107 Å². The molecular formula is C26H17BrS2. The number of hydrogen-bond donors (Lipinski definition) is 0. The van der Waals surface area contributed by atoms with Crippen molar-refractivity contribution >= 4 is 38.6 Å². The number of hydrogen-bond acceptors (Lipinski definition) is 2. The van der Waals surface area contributed by atoms with Crippen molar-refractivity contribution in [2.75, 3.05) is 0 Å². The molecule has 2 heterocycles. The first kappa shape index (κ1) is 18.6. The summed E-state index contributed by atoms with van der Waals surface area (Å²) >= 11 is 7.17. The Labute approximate surface area is 187 Å². The van der Waals surface area contributed by atoms with Gasteiger partial charge in [0.15, 0.2) is 0 Å². The molecule has 0 fully saturated rings. The molecule has 3 heteroatoms. The van der Waals surface area contributed by atoms with Crippen LogP contribution in [-0.2, 0) is 0 Å². The lowest BCUT2D eigenvalue weighted by Gasteiger charge is -2.06. The average molecular weight is 473 g/mol. The maximum absolute atomic E-state index is 3.55. The molecule has 5 rings (SSSR count). The molecule has 0 saturated carbocycles. The predicted molar refractivity (Wildman–Crippen MR) is 132 cm³/mol. The van der Waals surface area contributed by atoms with Gasteiger partial charge in [-0.05, 0) is 68.0 Å². The Kier molecular flexibility index (Phi) is 5.19. The largest absolute Gasteiger partial charge is 0.134 e. The third kappa shape index (κ3) is 3.99. The van der Waals surface area contributed by atoms with Crippen LogP contribution in [-0.4, -0.2) is 0 Å². The lowest BCUT2D eigenvalue weighted by atomic mass is 9.99. The van der Waals surface area contributed by atoms with E-state index in [0.29, 0.717) is 0 Å². The molecule has 140 valence electrons. The minimum Gasteiger partial charge on any atom is -0.134 e. The second-order valence-electron chi connectivity index (χ2n) is 6.79. The minimum absolute atomic E-state index is 1.17. The molecule has 0 unspecified atom stereocenters. The average Bonchev–Trinajstić information content (AvgIpc) is 3.44. The van der Waals surface area contributed by atoms with Crippen LogP contribution in [0.5, 0.6) is 0 Å². The zero-order chi connectivity index (χ0) is 19.6. The van der Waals surface area contributed by atoms with E-state index < -0.39 is 0 Å². The molecule has 2 aromatic heterocycles. The molecule has 0 atom stereocenters. The van der Waals surface area contributed by atoms with Gasteiger partial charge in [-0.25, -0.2) is 0 Å². The summed E-state index contributed by atoms with van der Waals surface area (Å²) in [5.41, 5.74) is 6.25. The van der Waals surface area contributed by atoms with Gasteiger partial charge < -0.3 is 0 Å². The highest BCUT2D eigenvalue weighted by atomic mass is 79.9. The van der Waals surface area contributed by atoms with Crippen LogP contribution in [0.1, 0.15) is 0 Å². The van der Waals surface area contributed by atoms with Crippen molar-refractivity contribution in [2.45, 2.75) is 0 Å². The summed E-state index contributed by atoms with van der Waals surface area (Å²) in [6.07, 6.45) is 0. The monoisotopic (exact) mass is 472 g/mol. The lowest BCUT2D eigenvalue weighted by Crippen LogP contribution is -1.81. The molecule has 3 aromatic carbocycles. The van der Waals surface area contributed by atoms with E-state index in [-0.39, 0.29) is 0 Å². The molecule has 0 saturated heterocycles. The summed E-state index contributed by atoms with van der Waals surface area (Å²) in [5, 5.41) is 0. The predicted octanol–water partition coefficient (Wildman–Crippen LogP) is 9.24. The first-order valence-corrected chi connectivity index (χ1v) is 11.8. The Morgan fingerprint density at radius 2 is 0.828 bits per heavy atom. The molecule has 0 nitrogen and oxygen atoms in total. The standard InChI is InChI=1S/C26H17BrS2/c27-26-17-16-25(29-26)24-15-14-23(28-24)22-12-10-21(11-13-22)20-8-6-19(7-9-20)18-4-2-1-3-5-18/h1-17H. The molecule has 0 spiro atoms. The van der Waals surface area contributed by atoms with Crippen molar-refractivity contribution < 1.29 is 0 Å². The number of rotatable bonds is 4. The van der Waals surface area contributed by atoms with Crippen LogP contribution in [0.25, 0.3) is 42.4 Å². The SMILES string of the molecule is Brc1ccc(-c2ccc(-c3ccc(-c4ccc(-c5ccccc5)cc4)cc3)s2)s1. The summed E-state index contributed by atoms with van der Waals surface area (Å²) in [6, 6.07) is 36.9. The van der Waals surface area contributed by atoms with E-state index in [0.717, 1.165) is 0 Å². The molecule has 0 aliphatic rings. The summed E-state index contributed by atoms with van der Waals surface area (Å²) in [5.74, 6) is 0. The van der Waals surface area contributed by atoms with Crippen molar-refractivity contribution in [1.82, 2.24) is 0 Å². The van der Waals surface area contributed by atoms with Gasteiger partial charge in [-0.2, -0.15) is 0 Å². The van der Waals surface area contributed by atoms with Crippen molar-refractivity contribution in [2.24, 2.45) is 0 Å². The summed E-state index contributed by atoms with van der Waals surface area (Å²) in [6.45, 7) is 0. The van der Waals surface area contributed by atoms with Crippen molar-refractivity contribution in [3.63, 3.8) is 0 Å². The quantitative estimate of drug-likeness (QED) is 0.244. The normalized spacial score (nSPS) is 10.9. The molecule has 0 aliphatic carbocycles. The van der Waals surface area contributed by atoms with Crippen LogP contribution < -0.4 is 0 Å². The Hall–Kier alpha value is -2.46.